The van der Waals surface area contributed by atoms with E-state index in [1.165, 1.54) is 21.5 Å². The van der Waals surface area contributed by atoms with Crippen LogP contribution in [0.3, 0.4) is 0 Å². The molecule has 0 amide bonds. The zero-order valence-corrected chi connectivity index (χ0v) is 41.0. The second kappa shape index (κ2) is 17.0. The number of para-hydroxylation sites is 4. The molecule has 2 aromatic heterocycles. The van der Waals surface area contributed by atoms with E-state index in [0.717, 1.165) is 121 Å². The van der Waals surface area contributed by atoms with Crippen molar-refractivity contribution < 1.29 is 0 Å². The first-order valence-corrected chi connectivity index (χ1v) is 25.7. The number of nitriles is 2. The molecule has 15 aromatic rings. The molecule has 0 N–H and O–H groups in total. The van der Waals surface area contributed by atoms with Gasteiger partial charge in [-0.15, -0.1) is 0 Å². The number of benzene rings is 13. The molecule has 0 aliphatic carbocycles. The third-order valence-electron chi connectivity index (χ3n) is 15.7. The fourth-order valence-electron chi connectivity index (χ4n) is 12.4. The van der Waals surface area contributed by atoms with E-state index >= 15 is 0 Å². The Morgan fingerprint density at radius 1 is 0.237 bits per heavy atom. The van der Waals surface area contributed by atoms with Crippen LogP contribution in [0.5, 0.6) is 0 Å². The smallest absolute Gasteiger partial charge is 0.100 e. The summed E-state index contributed by atoms with van der Waals surface area (Å²) in [4.78, 5) is 0. The van der Waals surface area contributed by atoms with Crippen molar-refractivity contribution in [2.45, 2.75) is 0 Å². The maximum absolute atomic E-state index is 11.9. The average Bonchev–Trinajstić information content (AvgIpc) is 4.10. The van der Waals surface area contributed by atoms with E-state index in [0.29, 0.717) is 11.1 Å². The Labute approximate surface area is 438 Å². The van der Waals surface area contributed by atoms with Crippen molar-refractivity contribution in [2.24, 2.45) is 0 Å². The summed E-state index contributed by atoms with van der Waals surface area (Å²) in [6, 6.07) is 95.5. The fraction of sp³-hybridized carbons (Fsp3) is 0. The van der Waals surface area contributed by atoms with E-state index < -0.39 is 0 Å². The van der Waals surface area contributed by atoms with E-state index in [1.807, 2.05) is 36.4 Å². The van der Waals surface area contributed by atoms with Gasteiger partial charge in [-0.25, -0.2) is 0 Å². The SMILES string of the molecule is N#Cc1c(-c2ccccc2)c(-c2ccc3ccc4ccc(-n5c6ccccc6c6ccccc65)cc4c3c2)c(C#N)c(-c2ccccc2)c1-c1ccc2ccc3ccc(-n4c5ccccc5c5ccccc54)cc3c2c1. The molecule has 15 rings (SSSR count). The highest BCUT2D eigenvalue weighted by molar-refractivity contribution is 6.15. The predicted octanol–water partition coefficient (Wildman–Crippen LogP) is 18.9. The van der Waals surface area contributed by atoms with Gasteiger partial charge in [0, 0.05) is 55.2 Å². The summed E-state index contributed by atoms with van der Waals surface area (Å²) in [6.07, 6.45) is 0. The second-order valence-corrected chi connectivity index (χ2v) is 19.8. The number of nitrogens with zero attached hydrogens (tertiary/aromatic N) is 4. The van der Waals surface area contributed by atoms with Gasteiger partial charge in [0.1, 0.15) is 12.1 Å². The molecule has 2 heterocycles. The highest BCUT2D eigenvalue weighted by Gasteiger charge is 2.28. The third-order valence-corrected chi connectivity index (χ3v) is 15.7. The van der Waals surface area contributed by atoms with Gasteiger partial charge < -0.3 is 9.13 Å². The number of rotatable bonds is 6. The molecule has 0 aliphatic rings. The van der Waals surface area contributed by atoms with Crippen molar-refractivity contribution in [3.8, 4) is 68.0 Å². The molecule has 0 unspecified atom stereocenters. The summed E-state index contributed by atoms with van der Waals surface area (Å²) in [7, 11) is 0. The molecule has 0 fully saturated rings. The molecule has 76 heavy (non-hydrogen) atoms. The Morgan fingerprint density at radius 2 is 0.513 bits per heavy atom. The molecular formula is C72H42N4. The van der Waals surface area contributed by atoms with E-state index in [4.69, 9.17) is 0 Å². The van der Waals surface area contributed by atoms with Crippen molar-refractivity contribution in [1.29, 1.82) is 10.5 Å². The molecule has 4 nitrogen and oxygen atoms in total. The van der Waals surface area contributed by atoms with E-state index in [-0.39, 0.29) is 0 Å². The van der Waals surface area contributed by atoms with Crippen LogP contribution in [0.1, 0.15) is 11.1 Å². The lowest BCUT2D eigenvalue weighted by atomic mass is 9.77. The maximum Gasteiger partial charge on any atom is 0.100 e. The molecule has 0 saturated carbocycles. The van der Waals surface area contributed by atoms with Crippen LogP contribution >= 0.6 is 0 Å². The quantitative estimate of drug-likeness (QED) is 0.156. The Morgan fingerprint density at radius 3 is 0.855 bits per heavy atom. The Hall–Kier alpha value is -10.5. The standard InChI is InChI=1S/C72H42N4/c73-43-63-69(49-15-3-1-4-16-49)71(51-33-31-45-27-29-47-35-37-53(41-61(47)59(45)39-51)75-65-23-11-7-19-55(65)56-20-8-12-24-66(56)75)64(44-74)70(50-17-5-2-6-18-50)72(63)52-34-32-46-28-30-48-36-38-54(42-62(48)60(46)40-52)76-67-25-13-9-21-57(67)58-22-10-14-26-68(58)76/h1-42H. The minimum atomic E-state index is 0.510. The van der Waals surface area contributed by atoms with Crippen LogP contribution in [-0.4, -0.2) is 9.13 Å². The van der Waals surface area contributed by atoms with Crippen LogP contribution in [-0.2, 0) is 0 Å². The van der Waals surface area contributed by atoms with E-state index in [9.17, 15) is 10.5 Å². The Balaban J connectivity index is 0.995. The molecule has 0 aliphatic heterocycles. The zero-order chi connectivity index (χ0) is 50.4. The highest BCUT2D eigenvalue weighted by Crippen LogP contribution is 2.50. The molecule has 0 spiro atoms. The van der Waals surface area contributed by atoms with Crippen LogP contribution in [0.15, 0.2) is 255 Å². The maximum atomic E-state index is 11.9. The monoisotopic (exact) mass is 962 g/mol. The lowest BCUT2D eigenvalue weighted by Crippen LogP contribution is -2.02. The molecule has 0 radical (unpaired) electrons. The summed E-state index contributed by atoms with van der Waals surface area (Å²) in [6.45, 7) is 0. The number of hydrogen-bond acceptors (Lipinski definition) is 2. The van der Waals surface area contributed by atoms with Crippen LogP contribution in [0.25, 0.3) is 143 Å². The number of fused-ring (bicyclic) bond motifs is 12. The first kappa shape index (κ1) is 43.1. The normalized spacial score (nSPS) is 11.7. The molecule has 0 atom stereocenters. The topological polar surface area (TPSA) is 57.4 Å². The van der Waals surface area contributed by atoms with Crippen LogP contribution in [0.2, 0.25) is 0 Å². The second-order valence-electron chi connectivity index (χ2n) is 19.8. The largest absolute Gasteiger partial charge is 0.309 e. The molecule has 13 aromatic carbocycles. The first-order valence-electron chi connectivity index (χ1n) is 25.7. The highest BCUT2D eigenvalue weighted by atomic mass is 15.0. The molecule has 0 bridgehead atoms. The van der Waals surface area contributed by atoms with Gasteiger partial charge in [0.2, 0.25) is 0 Å². The fourth-order valence-corrected chi connectivity index (χ4v) is 12.4. The Kier molecular flexibility index (Phi) is 9.66. The lowest BCUT2D eigenvalue weighted by molar-refractivity contribution is 1.19. The molecular weight excluding hydrogens is 921 g/mol. The summed E-state index contributed by atoms with van der Waals surface area (Å²) in [5, 5.41) is 37.3. The summed E-state index contributed by atoms with van der Waals surface area (Å²) in [5.41, 5.74) is 14.1. The summed E-state index contributed by atoms with van der Waals surface area (Å²) < 4.78 is 4.72. The van der Waals surface area contributed by atoms with Crippen LogP contribution in [0.4, 0.5) is 0 Å². The van der Waals surface area contributed by atoms with Gasteiger partial charge in [-0.05, 0) is 126 Å². The summed E-state index contributed by atoms with van der Waals surface area (Å²) >= 11 is 0. The minimum absolute atomic E-state index is 0.510. The van der Waals surface area contributed by atoms with Crippen molar-refractivity contribution >= 4 is 86.7 Å². The van der Waals surface area contributed by atoms with Gasteiger partial charge in [0.15, 0.2) is 0 Å². The zero-order valence-electron chi connectivity index (χ0n) is 41.0. The molecule has 4 heteroatoms. The van der Waals surface area contributed by atoms with Gasteiger partial charge >= 0.3 is 0 Å². The minimum Gasteiger partial charge on any atom is -0.309 e. The van der Waals surface area contributed by atoms with Gasteiger partial charge in [-0.3, -0.25) is 0 Å². The molecule has 0 saturated heterocycles. The van der Waals surface area contributed by atoms with Gasteiger partial charge in [-0.1, -0.05) is 194 Å². The molecule has 350 valence electrons. The number of aromatic nitrogens is 2. The number of hydrogen-bond donors (Lipinski definition) is 0. The van der Waals surface area contributed by atoms with Crippen LogP contribution < -0.4 is 0 Å². The van der Waals surface area contributed by atoms with Crippen molar-refractivity contribution in [3.63, 3.8) is 0 Å². The van der Waals surface area contributed by atoms with Crippen molar-refractivity contribution in [3.05, 3.63) is 266 Å². The first-order chi connectivity index (χ1) is 37.6. The Bertz CT molecular complexity index is 4580. The van der Waals surface area contributed by atoms with Gasteiger partial charge in [-0.2, -0.15) is 10.5 Å². The third kappa shape index (κ3) is 6.49. The van der Waals surface area contributed by atoms with Crippen LogP contribution in [0, 0.1) is 22.7 Å². The van der Waals surface area contributed by atoms with Crippen molar-refractivity contribution in [2.75, 3.05) is 0 Å². The van der Waals surface area contributed by atoms with E-state index in [2.05, 4.69) is 240 Å². The average molecular weight is 963 g/mol. The van der Waals surface area contributed by atoms with E-state index in [1.54, 1.807) is 0 Å². The lowest BCUT2D eigenvalue weighted by Gasteiger charge is -2.23. The summed E-state index contributed by atoms with van der Waals surface area (Å²) in [5.74, 6) is 0. The van der Waals surface area contributed by atoms with Gasteiger partial charge in [0.25, 0.3) is 0 Å². The van der Waals surface area contributed by atoms with Crippen molar-refractivity contribution in [1.82, 2.24) is 9.13 Å². The van der Waals surface area contributed by atoms with Gasteiger partial charge in [0.05, 0.1) is 33.2 Å². The predicted molar refractivity (Wildman–Crippen MR) is 316 cm³/mol.